The second-order valence-corrected chi connectivity index (χ2v) is 9.31. The zero-order valence-corrected chi connectivity index (χ0v) is 18.2. The Hall–Kier alpha value is -3.00. The summed E-state index contributed by atoms with van der Waals surface area (Å²) in [7, 11) is 1.67. The number of carbonyl (C=O) groups is 1. The highest BCUT2D eigenvalue weighted by molar-refractivity contribution is 6.31. The summed E-state index contributed by atoms with van der Waals surface area (Å²) >= 11 is 6.15. The van der Waals surface area contributed by atoms with Gasteiger partial charge in [-0.3, -0.25) is 4.79 Å². The van der Waals surface area contributed by atoms with E-state index in [1.807, 2.05) is 10.6 Å². The highest BCUT2D eigenvalue weighted by Crippen LogP contribution is 2.52. The number of pyridine rings is 1. The Kier molecular flexibility index (Phi) is 4.47. The van der Waals surface area contributed by atoms with E-state index in [0.717, 1.165) is 36.6 Å². The topological polar surface area (TPSA) is 88.5 Å². The van der Waals surface area contributed by atoms with Crippen molar-refractivity contribution >= 4 is 39.6 Å². The second kappa shape index (κ2) is 7.27. The first kappa shape index (κ1) is 19.7. The van der Waals surface area contributed by atoms with Gasteiger partial charge < -0.3 is 14.9 Å². The van der Waals surface area contributed by atoms with Gasteiger partial charge in [-0.2, -0.15) is 0 Å². The number of nitrogens with one attached hydrogen (secondary N) is 2. The number of aromatic nitrogens is 5. The summed E-state index contributed by atoms with van der Waals surface area (Å²) in [5.41, 5.74) is 1.94. The Labute approximate surface area is 188 Å². The molecule has 9 heteroatoms. The smallest absolute Gasteiger partial charge is 0.225 e. The van der Waals surface area contributed by atoms with Gasteiger partial charge >= 0.3 is 0 Å². The van der Waals surface area contributed by atoms with Crippen molar-refractivity contribution < 1.29 is 9.18 Å². The summed E-state index contributed by atoms with van der Waals surface area (Å²) in [4.78, 5) is 29.5. The molecular weight excluding hydrogens is 431 g/mol. The molecule has 32 heavy (non-hydrogen) atoms. The maximum absolute atomic E-state index is 15.0. The lowest BCUT2D eigenvalue weighted by Crippen LogP contribution is -2.48. The van der Waals surface area contributed by atoms with Crippen molar-refractivity contribution in [3.8, 4) is 11.4 Å². The van der Waals surface area contributed by atoms with E-state index in [0.29, 0.717) is 39.4 Å². The number of hydrogen-bond donors (Lipinski definition) is 2. The van der Waals surface area contributed by atoms with Gasteiger partial charge in [0.1, 0.15) is 11.3 Å². The summed E-state index contributed by atoms with van der Waals surface area (Å²) in [6, 6.07) is 1.70. The number of carbonyl (C=O) groups excluding carboxylic acids is 1. The molecule has 2 N–H and O–H groups in total. The van der Waals surface area contributed by atoms with Crippen molar-refractivity contribution in [2.75, 3.05) is 7.05 Å². The fraction of sp³-hybridized carbons (Fsp3) is 0.391. The number of halogens is 2. The highest BCUT2D eigenvalue weighted by Gasteiger charge is 2.48. The third-order valence-electron chi connectivity index (χ3n) is 7.31. The van der Waals surface area contributed by atoms with Crippen LogP contribution in [0.25, 0.3) is 33.5 Å². The predicted molar refractivity (Wildman–Crippen MR) is 120 cm³/mol. The quantitative estimate of drug-likeness (QED) is 0.479. The Morgan fingerprint density at radius 1 is 1.19 bits per heavy atom. The fourth-order valence-corrected chi connectivity index (χ4v) is 6.02. The van der Waals surface area contributed by atoms with Gasteiger partial charge in [0.2, 0.25) is 5.91 Å². The summed E-state index contributed by atoms with van der Waals surface area (Å²) < 4.78 is 16.9. The zero-order chi connectivity index (χ0) is 22.0. The molecule has 3 saturated carbocycles. The van der Waals surface area contributed by atoms with Crippen LogP contribution < -0.4 is 5.32 Å². The summed E-state index contributed by atoms with van der Waals surface area (Å²) in [6.07, 6.45) is 10.6. The van der Waals surface area contributed by atoms with E-state index in [4.69, 9.17) is 16.6 Å². The van der Waals surface area contributed by atoms with Gasteiger partial charge in [-0.05, 0) is 43.6 Å². The standard InChI is InChI=1S/C23H22ClFN6O/c1-26-23(32)18-11-2-4-12(5-3-11)19(18)31-10-17(25)16-9-29-21(30-22(16)31)15-8-28-20-14(15)6-13(24)7-27-20/h6-12,18-19H,2-5H2,1H3,(H,26,32)(H,27,28)/t11?,12?,18-,19?/m1/s1. The van der Waals surface area contributed by atoms with Gasteiger partial charge in [-0.25, -0.2) is 19.3 Å². The molecule has 7 nitrogen and oxygen atoms in total. The average Bonchev–Trinajstić information content (AvgIpc) is 3.39. The van der Waals surface area contributed by atoms with E-state index >= 15 is 0 Å². The SMILES string of the molecule is CNC(=O)[C@@H]1C2CCC(CC2)C1n1cc(F)c2cnc(-c3c[nH]c4ncc(Cl)cc34)nc21. The van der Waals surface area contributed by atoms with E-state index in [9.17, 15) is 9.18 Å². The minimum Gasteiger partial charge on any atom is -0.359 e. The maximum Gasteiger partial charge on any atom is 0.225 e. The molecule has 0 aromatic carbocycles. The van der Waals surface area contributed by atoms with Gasteiger partial charge in [-0.1, -0.05) is 11.6 Å². The molecule has 4 aromatic rings. The number of amides is 1. The zero-order valence-electron chi connectivity index (χ0n) is 17.5. The van der Waals surface area contributed by atoms with E-state index in [2.05, 4.69) is 20.3 Å². The van der Waals surface area contributed by atoms with Gasteiger partial charge in [0.15, 0.2) is 11.6 Å². The van der Waals surface area contributed by atoms with Crippen LogP contribution in [-0.2, 0) is 4.79 Å². The van der Waals surface area contributed by atoms with Crippen molar-refractivity contribution in [2.24, 2.45) is 17.8 Å². The van der Waals surface area contributed by atoms with E-state index in [-0.39, 0.29) is 23.7 Å². The molecule has 0 radical (unpaired) electrons. The first-order valence-corrected chi connectivity index (χ1v) is 11.3. The molecule has 1 unspecified atom stereocenters. The van der Waals surface area contributed by atoms with Crippen LogP contribution in [0.3, 0.4) is 0 Å². The van der Waals surface area contributed by atoms with Crippen LogP contribution in [0.1, 0.15) is 31.7 Å². The fourth-order valence-electron chi connectivity index (χ4n) is 5.86. The van der Waals surface area contributed by atoms with Crippen molar-refractivity contribution in [1.29, 1.82) is 0 Å². The molecule has 3 aliphatic rings. The lowest BCUT2D eigenvalue weighted by atomic mass is 9.61. The predicted octanol–water partition coefficient (Wildman–Crippen LogP) is 4.49. The molecule has 164 valence electrons. The number of aromatic amines is 1. The summed E-state index contributed by atoms with van der Waals surface area (Å²) in [5, 5.41) is 4.51. The lowest BCUT2D eigenvalue weighted by molar-refractivity contribution is -0.133. The average molecular weight is 453 g/mol. The van der Waals surface area contributed by atoms with Crippen molar-refractivity contribution in [3.05, 3.63) is 41.7 Å². The van der Waals surface area contributed by atoms with Crippen LogP contribution >= 0.6 is 11.6 Å². The van der Waals surface area contributed by atoms with Gasteiger partial charge in [0, 0.05) is 48.8 Å². The third kappa shape index (κ3) is 2.85. The van der Waals surface area contributed by atoms with Crippen LogP contribution in [0.2, 0.25) is 5.02 Å². The normalized spacial score (nSPS) is 25.0. The number of rotatable bonds is 3. The first-order valence-electron chi connectivity index (χ1n) is 10.9. The molecule has 0 aliphatic heterocycles. The molecule has 1 amide bonds. The van der Waals surface area contributed by atoms with Crippen LogP contribution in [-0.4, -0.2) is 37.5 Å². The number of hydrogen-bond acceptors (Lipinski definition) is 4. The Bertz CT molecular complexity index is 1360. The second-order valence-electron chi connectivity index (χ2n) is 8.87. The molecule has 7 rings (SSSR count). The molecule has 0 spiro atoms. The van der Waals surface area contributed by atoms with Crippen LogP contribution in [0, 0.1) is 23.6 Å². The number of H-pyrrole nitrogens is 1. The highest BCUT2D eigenvalue weighted by atomic mass is 35.5. The van der Waals surface area contributed by atoms with Crippen molar-refractivity contribution in [2.45, 2.75) is 31.7 Å². The van der Waals surface area contributed by atoms with Crippen molar-refractivity contribution in [1.82, 2.24) is 29.8 Å². The minimum absolute atomic E-state index is 0.0262. The minimum atomic E-state index is -0.368. The van der Waals surface area contributed by atoms with Gasteiger partial charge in [-0.15, -0.1) is 0 Å². The Morgan fingerprint density at radius 3 is 2.75 bits per heavy atom. The molecule has 3 fully saturated rings. The largest absolute Gasteiger partial charge is 0.359 e. The van der Waals surface area contributed by atoms with Crippen LogP contribution in [0.15, 0.2) is 30.9 Å². The summed E-state index contributed by atoms with van der Waals surface area (Å²) in [5.74, 6) is 0.577. The van der Waals surface area contributed by atoms with Gasteiger partial charge in [0.05, 0.1) is 16.3 Å². The molecule has 4 heterocycles. The third-order valence-corrected chi connectivity index (χ3v) is 7.51. The molecule has 0 saturated heterocycles. The molecular formula is C23H22ClFN6O. The van der Waals surface area contributed by atoms with Crippen LogP contribution in [0.5, 0.6) is 0 Å². The van der Waals surface area contributed by atoms with Gasteiger partial charge in [0.25, 0.3) is 0 Å². The van der Waals surface area contributed by atoms with Crippen LogP contribution in [0.4, 0.5) is 4.39 Å². The number of fused-ring (bicyclic) bond motifs is 5. The van der Waals surface area contributed by atoms with E-state index in [1.54, 1.807) is 19.4 Å². The lowest BCUT2D eigenvalue weighted by Gasteiger charge is -2.48. The molecule has 2 atom stereocenters. The van der Waals surface area contributed by atoms with E-state index < -0.39 is 0 Å². The molecule has 4 aromatic heterocycles. The summed E-state index contributed by atoms with van der Waals surface area (Å²) in [6.45, 7) is 0. The Balaban J connectivity index is 1.52. The van der Waals surface area contributed by atoms with E-state index in [1.165, 1.54) is 12.4 Å². The first-order chi connectivity index (χ1) is 15.5. The molecule has 2 bridgehead atoms. The van der Waals surface area contributed by atoms with Crippen molar-refractivity contribution in [3.63, 3.8) is 0 Å². The number of nitrogens with zero attached hydrogens (tertiary/aromatic N) is 4. The Morgan fingerprint density at radius 2 is 1.97 bits per heavy atom. The molecule has 3 aliphatic carbocycles. The monoisotopic (exact) mass is 452 g/mol. The maximum atomic E-state index is 15.0.